The number of nitrogens with one attached hydrogen (secondary N) is 1. The van der Waals surface area contributed by atoms with Gasteiger partial charge in [-0.15, -0.1) is 0 Å². The van der Waals surface area contributed by atoms with Gasteiger partial charge in [0.2, 0.25) is 0 Å². The second kappa shape index (κ2) is 8.57. The van der Waals surface area contributed by atoms with E-state index in [1.165, 1.54) is 12.6 Å². The van der Waals surface area contributed by atoms with Gasteiger partial charge in [-0.1, -0.05) is 0 Å². The van der Waals surface area contributed by atoms with E-state index in [0.29, 0.717) is 41.7 Å². The fourth-order valence-corrected chi connectivity index (χ4v) is 2.96. The Kier molecular flexibility index (Phi) is 6.72. The van der Waals surface area contributed by atoms with Crippen molar-refractivity contribution in [1.82, 2.24) is 15.3 Å². The summed E-state index contributed by atoms with van der Waals surface area (Å²) in [6.07, 6.45) is 5.09. The predicted octanol–water partition coefficient (Wildman–Crippen LogP) is -1.21. The molecule has 0 aliphatic heterocycles. The summed E-state index contributed by atoms with van der Waals surface area (Å²) < 4.78 is 28.7. The average molecular weight is 399 g/mol. The summed E-state index contributed by atoms with van der Waals surface area (Å²) in [5.41, 5.74) is 5.85. The number of nitrogens with two attached hydrogens (primary N) is 1. The van der Waals surface area contributed by atoms with E-state index >= 15 is 0 Å². The molecule has 2 aromatic rings. The molecular weight excluding hydrogens is 379 g/mol. The van der Waals surface area contributed by atoms with Crippen LogP contribution in [0.2, 0.25) is 0 Å². The van der Waals surface area contributed by atoms with E-state index in [4.69, 9.17) is 10.2 Å². The first kappa shape index (κ1) is 19.6. The Morgan fingerprint density at radius 1 is 1.40 bits per heavy atom. The molecule has 2 rings (SSSR count). The Balaban J connectivity index is 1.97. The monoisotopic (exact) mass is 399 g/mol. The molecule has 25 heavy (non-hydrogen) atoms. The van der Waals surface area contributed by atoms with Crippen molar-refractivity contribution < 1.29 is 29.8 Å². The minimum absolute atomic E-state index is 0.129. The molecule has 0 aliphatic rings. The molecule has 0 radical (unpaired) electrons. The Hall–Kier alpha value is -1.74. The predicted molar refractivity (Wildman–Crippen MR) is 94.8 cm³/mol. The van der Waals surface area contributed by atoms with Crippen molar-refractivity contribution in [2.24, 2.45) is 0 Å². The molecule has 133 valence electrons. The van der Waals surface area contributed by atoms with E-state index in [1.54, 1.807) is 0 Å². The molecule has 3 N–H and O–H groups in total. The zero-order valence-corrected chi connectivity index (χ0v) is 16.1. The molecule has 0 bridgehead atoms. The van der Waals surface area contributed by atoms with Crippen molar-refractivity contribution >= 4 is 32.5 Å². The molecule has 0 spiro atoms. The second-order valence-corrected chi connectivity index (χ2v) is 8.56. The zero-order chi connectivity index (χ0) is 18.4. The van der Waals surface area contributed by atoms with E-state index in [2.05, 4.69) is 38.8 Å². The standard InChI is InChI=1S/C16H20N4O3S.V/c1-12-15(16(17)20-11-19-12)6-5-13-3-4-14(23-13)7-8-18-9-10-24(2,21)22;/h3-4,6,11,18H,1,7-10H2,2H3,(H2,17,19,20);/b15-6+;. The summed E-state index contributed by atoms with van der Waals surface area (Å²) in [5.74, 6) is 2.01. The molecule has 9 heteroatoms. The number of nitrogens with zero attached hydrogens (tertiary/aromatic N) is 2. The van der Waals surface area contributed by atoms with Gasteiger partial charge in [0.1, 0.15) is 0 Å². The Bertz CT molecular complexity index is 970. The molecule has 0 fully saturated rings. The van der Waals surface area contributed by atoms with Crippen molar-refractivity contribution in [2.45, 2.75) is 6.42 Å². The Morgan fingerprint density at radius 3 is 2.84 bits per heavy atom. The van der Waals surface area contributed by atoms with Crippen LogP contribution in [0.4, 0.5) is 5.82 Å². The van der Waals surface area contributed by atoms with Crippen LogP contribution in [0, 0.1) is 0 Å². The van der Waals surface area contributed by atoms with Gasteiger partial charge in [-0.2, -0.15) is 0 Å². The van der Waals surface area contributed by atoms with E-state index in [-0.39, 0.29) is 5.75 Å². The van der Waals surface area contributed by atoms with Gasteiger partial charge >= 0.3 is 155 Å². The Labute approximate surface area is 155 Å². The normalized spacial score (nSPS) is 12.4. The molecule has 2 aromatic heterocycles. The Morgan fingerprint density at radius 2 is 2.16 bits per heavy atom. The van der Waals surface area contributed by atoms with Gasteiger partial charge < -0.3 is 0 Å². The minimum atomic E-state index is -2.93. The number of anilines is 1. The van der Waals surface area contributed by atoms with E-state index in [9.17, 15) is 8.42 Å². The molecule has 0 saturated carbocycles. The summed E-state index contributed by atoms with van der Waals surface area (Å²) in [6.45, 7) is 4.92. The van der Waals surface area contributed by atoms with Crippen LogP contribution in [0.1, 0.15) is 11.5 Å². The van der Waals surface area contributed by atoms with Gasteiger partial charge in [-0.25, -0.2) is 0 Å². The number of hydrogen-bond donors (Lipinski definition) is 2. The van der Waals surface area contributed by atoms with Gasteiger partial charge in [0.15, 0.2) is 0 Å². The first-order valence-electron chi connectivity index (χ1n) is 7.57. The quantitative estimate of drug-likeness (QED) is 0.536. The van der Waals surface area contributed by atoms with Crippen LogP contribution in [0.25, 0.3) is 12.7 Å². The summed E-state index contributed by atoms with van der Waals surface area (Å²) in [7, 11) is -2.93. The fraction of sp³-hybridized carbons (Fsp3) is 0.312. The molecular formula is C16H20N4O3SV. The molecule has 0 saturated heterocycles. The van der Waals surface area contributed by atoms with Crippen molar-refractivity contribution in [2.75, 3.05) is 30.8 Å². The van der Waals surface area contributed by atoms with Crippen LogP contribution in [0.15, 0.2) is 22.9 Å². The fourth-order valence-electron chi connectivity index (χ4n) is 2.06. The van der Waals surface area contributed by atoms with Gasteiger partial charge in [0, 0.05) is 0 Å². The van der Waals surface area contributed by atoms with Crippen molar-refractivity contribution in [3.05, 3.63) is 40.5 Å². The van der Waals surface area contributed by atoms with Crippen LogP contribution in [0.3, 0.4) is 0 Å². The third kappa shape index (κ3) is 6.24. The zero-order valence-electron chi connectivity index (χ0n) is 13.9. The van der Waals surface area contributed by atoms with Crippen LogP contribution >= 0.6 is 0 Å². The molecule has 0 aromatic carbocycles. The summed E-state index contributed by atoms with van der Waals surface area (Å²) in [6, 6.07) is 3.77. The summed E-state index contributed by atoms with van der Waals surface area (Å²) in [5, 5.41) is 4.30. The van der Waals surface area contributed by atoms with E-state index in [0.717, 1.165) is 9.99 Å². The molecule has 0 unspecified atom stereocenters. The number of nitrogen functional groups attached to an aromatic ring is 1. The molecule has 0 aliphatic carbocycles. The van der Waals surface area contributed by atoms with Gasteiger partial charge in [0.05, 0.1) is 0 Å². The van der Waals surface area contributed by atoms with Crippen LogP contribution < -0.4 is 21.6 Å². The maximum atomic E-state index is 11.1. The number of furan rings is 1. The van der Waals surface area contributed by atoms with Crippen LogP contribution in [0.5, 0.6) is 0 Å². The first-order chi connectivity index (χ1) is 11.8. The summed E-state index contributed by atoms with van der Waals surface area (Å²) in [4.78, 5) is 7.99. The summed E-state index contributed by atoms with van der Waals surface area (Å²) >= 11 is 2.43. The molecule has 0 atom stereocenters. The number of hydrogen-bond acceptors (Lipinski definition) is 7. The number of rotatable bonds is 8. The van der Waals surface area contributed by atoms with Gasteiger partial charge in [-0.3, -0.25) is 0 Å². The molecule has 2 heterocycles. The third-order valence-corrected chi connectivity index (χ3v) is 4.88. The maximum absolute atomic E-state index is 11.1. The molecule has 7 nitrogen and oxygen atoms in total. The first-order valence-corrected chi connectivity index (χ1v) is 10.3. The van der Waals surface area contributed by atoms with Crippen LogP contribution in [-0.2, 0) is 33.2 Å². The SMILES string of the molecule is C=c1ncnc(N)/c1=C/[C](=[V])c1ccc(CCNCCS(C)(=O)=O)o1. The molecule has 0 amide bonds. The van der Waals surface area contributed by atoms with Crippen LogP contribution in [-0.4, -0.2) is 47.7 Å². The van der Waals surface area contributed by atoms with E-state index < -0.39 is 9.84 Å². The van der Waals surface area contributed by atoms with Gasteiger partial charge in [0.25, 0.3) is 0 Å². The van der Waals surface area contributed by atoms with Gasteiger partial charge in [-0.05, 0) is 0 Å². The number of sulfone groups is 1. The average Bonchev–Trinajstić information content (AvgIpc) is 2.98. The topological polar surface area (TPSA) is 111 Å². The van der Waals surface area contributed by atoms with Crippen molar-refractivity contribution in [3.8, 4) is 0 Å². The second-order valence-electron chi connectivity index (χ2n) is 5.54. The van der Waals surface area contributed by atoms with Crippen molar-refractivity contribution in [1.29, 1.82) is 0 Å². The third-order valence-electron chi connectivity index (χ3n) is 3.39. The van der Waals surface area contributed by atoms with Crippen molar-refractivity contribution in [3.63, 3.8) is 0 Å². The van der Waals surface area contributed by atoms with E-state index in [1.807, 2.05) is 18.2 Å². The number of aromatic nitrogens is 2.